The molecule has 9 aromatic carbocycles. The summed E-state index contributed by atoms with van der Waals surface area (Å²) in [5.41, 5.74) is 15.2. The highest BCUT2D eigenvalue weighted by atomic mass is 15.1. The summed E-state index contributed by atoms with van der Waals surface area (Å²) in [6, 6.07) is 77.8. The number of aryl methyl sites for hydroxylation is 2. The van der Waals surface area contributed by atoms with E-state index in [0.717, 1.165) is 83.1 Å². The number of rotatable bonds is 9. The quantitative estimate of drug-likeness (QED) is 0.144. The fourth-order valence-electron chi connectivity index (χ4n) is 9.05. The minimum absolute atomic E-state index is 0.516. The van der Waals surface area contributed by atoms with Crippen molar-refractivity contribution in [3.63, 3.8) is 0 Å². The van der Waals surface area contributed by atoms with E-state index in [0.29, 0.717) is 34.9 Å². The largest absolute Gasteiger partial charge is 0.308 e. The van der Waals surface area contributed by atoms with Crippen molar-refractivity contribution in [2.24, 2.45) is 0 Å². The van der Waals surface area contributed by atoms with E-state index in [-0.39, 0.29) is 0 Å². The van der Waals surface area contributed by atoms with Crippen molar-refractivity contribution in [1.82, 2.24) is 34.5 Å². The zero-order chi connectivity index (χ0) is 46.3. The van der Waals surface area contributed by atoms with Gasteiger partial charge in [-0.2, -0.15) is 0 Å². The van der Waals surface area contributed by atoms with Gasteiger partial charge < -0.3 is 4.57 Å². The third-order valence-corrected chi connectivity index (χ3v) is 12.7. The minimum Gasteiger partial charge on any atom is -0.308 e. The molecule has 0 spiro atoms. The Morgan fingerprint density at radius 1 is 0.261 bits per heavy atom. The summed E-state index contributed by atoms with van der Waals surface area (Å²) < 4.78 is 2.36. The van der Waals surface area contributed by atoms with E-state index in [2.05, 4.69) is 122 Å². The molecule has 0 radical (unpaired) electrons. The predicted octanol–water partition coefficient (Wildman–Crippen LogP) is 15.1. The van der Waals surface area contributed by atoms with Gasteiger partial charge in [-0.25, -0.2) is 29.9 Å². The van der Waals surface area contributed by atoms with Gasteiger partial charge in [-0.05, 0) is 78.6 Å². The Kier molecular flexibility index (Phi) is 10.5. The van der Waals surface area contributed by atoms with Gasteiger partial charge >= 0.3 is 0 Å². The summed E-state index contributed by atoms with van der Waals surface area (Å²) in [6.07, 6.45) is 0. The highest BCUT2D eigenvalue weighted by molar-refractivity contribution is 6.12. The molecule has 0 amide bonds. The topological polar surface area (TPSA) is 82.3 Å². The lowest BCUT2D eigenvalue weighted by atomic mass is 9.99. The Morgan fingerprint density at radius 2 is 0.580 bits per heavy atom. The lowest BCUT2D eigenvalue weighted by molar-refractivity contribution is 1.06. The maximum atomic E-state index is 5.33. The fourth-order valence-corrected chi connectivity index (χ4v) is 9.05. The van der Waals surface area contributed by atoms with Crippen molar-refractivity contribution < 1.29 is 0 Å². The van der Waals surface area contributed by atoms with Gasteiger partial charge in [0.25, 0.3) is 0 Å². The molecule has 0 aliphatic carbocycles. The number of fused-ring (bicyclic) bond motifs is 3. The fraction of sp³-hybridized carbons (Fsp3) is 0.0323. The molecular formula is C62H43N7. The maximum absolute atomic E-state index is 5.33. The van der Waals surface area contributed by atoms with Gasteiger partial charge in [0.05, 0.1) is 16.7 Å². The van der Waals surface area contributed by atoms with Crippen LogP contribution in [0.2, 0.25) is 0 Å². The van der Waals surface area contributed by atoms with E-state index < -0.39 is 0 Å². The second-order valence-electron chi connectivity index (χ2n) is 17.3. The SMILES string of the molecule is Cc1ccc(-c2ccc3c(c2)c2cc(-c4ccc(C)cc4)ccc2n3-c2ccc(-c3nc(-c4ccccc4)nc(-c4ccccc4)n3)cc2-c2nc(-c3ccccc3)nc(-c3ccccc3)n2)cc1. The molecule has 0 aliphatic heterocycles. The average molecular weight is 886 g/mol. The Labute approximate surface area is 400 Å². The first-order chi connectivity index (χ1) is 34.0. The number of nitrogens with zero attached hydrogens (tertiary/aromatic N) is 7. The van der Waals surface area contributed by atoms with E-state index >= 15 is 0 Å². The normalized spacial score (nSPS) is 11.3. The smallest absolute Gasteiger partial charge is 0.166 e. The van der Waals surface area contributed by atoms with E-state index in [4.69, 9.17) is 29.9 Å². The molecule has 0 aliphatic rings. The first-order valence-corrected chi connectivity index (χ1v) is 23.1. The van der Waals surface area contributed by atoms with Crippen molar-refractivity contribution in [2.75, 3.05) is 0 Å². The summed E-state index contributed by atoms with van der Waals surface area (Å²) >= 11 is 0. The second kappa shape index (κ2) is 17.5. The lowest BCUT2D eigenvalue weighted by Crippen LogP contribution is -2.05. The molecule has 326 valence electrons. The molecule has 7 heteroatoms. The highest BCUT2D eigenvalue weighted by Crippen LogP contribution is 2.41. The van der Waals surface area contributed by atoms with Gasteiger partial charge in [0.1, 0.15) is 0 Å². The van der Waals surface area contributed by atoms with Gasteiger partial charge in [-0.1, -0.05) is 193 Å². The molecule has 0 saturated heterocycles. The second-order valence-corrected chi connectivity index (χ2v) is 17.3. The summed E-state index contributed by atoms with van der Waals surface area (Å²) in [5.74, 6) is 3.35. The van der Waals surface area contributed by atoms with E-state index in [1.807, 2.05) is 121 Å². The third kappa shape index (κ3) is 8.02. The first kappa shape index (κ1) is 41.2. The Bertz CT molecular complexity index is 3600. The van der Waals surface area contributed by atoms with Crippen LogP contribution in [0.5, 0.6) is 0 Å². The number of hydrogen-bond acceptors (Lipinski definition) is 6. The molecule has 12 aromatic rings. The van der Waals surface area contributed by atoms with Crippen LogP contribution in [0.3, 0.4) is 0 Å². The van der Waals surface area contributed by atoms with E-state index in [9.17, 15) is 0 Å². The molecule has 3 heterocycles. The molecule has 0 unspecified atom stereocenters. The van der Waals surface area contributed by atoms with Crippen LogP contribution in [0.1, 0.15) is 11.1 Å². The number of benzene rings is 9. The standard InChI is InChI=1S/C62H43N7/c1-40-23-27-42(28-24-40)48-31-34-54-51(37-48)52-38-49(43-29-25-41(2)26-30-43)32-35-55(52)69(54)56-36-33-50(61-65-57(44-15-7-3-8-16-44)63-58(66-61)45-17-9-4-10-18-45)39-53(56)62-67-59(46-19-11-5-12-20-46)64-60(68-62)47-21-13-6-14-22-47/h3-39H,1-2H3. The van der Waals surface area contributed by atoms with Crippen LogP contribution >= 0.6 is 0 Å². The van der Waals surface area contributed by atoms with Gasteiger partial charge in [0, 0.05) is 44.2 Å². The van der Waals surface area contributed by atoms with Gasteiger partial charge in [0.15, 0.2) is 34.9 Å². The maximum Gasteiger partial charge on any atom is 0.166 e. The van der Waals surface area contributed by atoms with Crippen LogP contribution in [0.15, 0.2) is 224 Å². The van der Waals surface area contributed by atoms with Crippen molar-refractivity contribution in [3.05, 3.63) is 236 Å². The monoisotopic (exact) mass is 885 g/mol. The molecule has 0 N–H and O–H groups in total. The minimum atomic E-state index is 0.516. The van der Waals surface area contributed by atoms with E-state index in [1.165, 1.54) is 11.1 Å². The summed E-state index contributed by atoms with van der Waals surface area (Å²) in [4.78, 5) is 31.1. The molecule has 0 atom stereocenters. The first-order valence-electron chi connectivity index (χ1n) is 23.1. The molecular weight excluding hydrogens is 843 g/mol. The Hall–Kier alpha value is -9.20. The van der Waals surface area contributed by atoms with Gasteiger partial charge in [0.2, 0.25) is 0 Å². The lowest BCUT2D eigenvalue weighted by Gasteiger charge is -2.16. The summed E-state index contributed by atoms with van der Waals surface area (Å²) in [6.45, 7) is 4.25. The Morgan fingerprint density at radius 3 is 0.957 bits per heavy atom. The predicted molar refractivity (Wildman–Crippen MR) is 281 cm³/mol. The van der Waals surface area contributed by atoms with Crippen LogP contribution in [0.25, 0.3) is 118 Å². The molecule has 0 saturated carbocycles. The number of hydrogen-bond donors (Lipinski definition) is 0. The molecule has 0 bridgehead atoms. The number of aromatic nitrogens is 7. The zero-order valence-electron chi connectivity index (χ0n) is 38.0. The zero-order valence-corrected chi connectivity index (χ0v) is 38.0. The van der Waals surface area contributed by atoms with Crippen LogP contribution in [-0.2, 0) is 0 Å². The molecule has 12 rings (SSSR count). The van der Waals surface area contributed by atoms with Crippen molar-refractivity contribution in [2.45, 2.75) is 13.8 Å². The summed E-state index contributed by atoms with van der Waals surface area (Å²) in [7, 11) is 0. The Balaban J connectivity index is 1.15. The third-order valence-electron chi connectivity index (χ3n) is 12.7. The van der Waals surface area contributed by atoms with Gasteiger partial charge in [-0.15, -0.1) is 0 Å². The highest BCUT2D eigenvalue weighted by Gasteiger charge is 2.23. The van der Waals surface area contributed by atoms with Crippen LogP contribution in [-0.4, -0.2) is 34.5 Å². The van der Waals surface area contributed by atoms with Crippen LogP contribution < -0.4 is 0 Å². The van der Waals surface area contributed by atoms with Crippen molar-refractivity contribution in [3.8, 4) is 96.3 Å². The van der Waals surface area contributed by atoms with Gasteiger partial charge in [-0.3, -0.25) is 0 Å². The van der Waals surface area contributed by atoms with E-state index in [1.54, 1.807) is 0 Å². The molecule has 69 heavy (non-hydrogen) atoms. The summed E-state index contributed by atoms with van der Waals surface area (Å²) in [5, 5.41) is 2.27. The van der Waals surface area contributed by atoms with Crippen LogP contribution in [0.4, 0.5) is 0 Å². The average Bonchev–Trinajstić information content (AvgIpc) is 3.74. The van der Waals surface area contributed by atoms with Crippen LogP contribution in [0, 0.1) is 13.8 Å². The molecule has 0 fully saturated rings. The molecule has 3 aromatic heterocycles. The molecule has 7 nitrogen and oxygen atoms in total. The van der Waals surface area contributed by atoms with Crippen molar-refractivity contribution >= 4 is 21.8 Å². The van der Waals surface area contributed by atoms with Crippen molar-refractivity contribution in [1.29, 1.82) is 0 Å².